The number of para-hydroxylation sites is 1. The molecule has 0 N–H and O–H groups in total. The first-order valence-electron chi connectivity index (χ1n) is 9.91. The SMILES string of the molecule is C[C@@H]1CC[C@@H](c2nc3cc(Cl)ccc3o2)CN1c1cccc(C=O)c1-n1nccn1. The van der Waals surface area contributed by atoms with Gasteiger partial charge in [0.1, 0.15) is 11.2 Å². The maximum absolute atomic E-state index is 11.7. The van der Waals surface area contributed by atoms with Gasteiger partial charge in [0, 0.05) is 23.2 Å². The van der Waals surface area contributed by atoms with Crippen LogP contribution in [-0.4, -0.2) is 38.9 Å². The van der Waals surface area contributed by atoms with E-state index in [2.05, 4.69) is 22.0 Å². The number of carbonyl (C=O) groups is 1. The van der Waals surface area contributed by atoms with E-state index in [0.717, 1.165) is 48.4 Å². The monoisotopic (exact) mass is 421 g/mol. The summed E-state index contributed by atoms with van der Waals surface area (Å²) in [6.45, 7) is 2.91. The second-order valence-electron chi connectivity index (χ2n) is 7.59. The van der Waals surface area contributed by atoms with Gasteiger partial charge in [-0.05, 0) is 50.1 Å². The van der Waals surface area contributed by atoms with E-state index in [4.69, 9.17) is 21.0 Å². The van der Waals surface area contributed by atoms with Crippen LogP contribution in [0.1, 0.15) is 41.9 Å². The van der Waals surface area contributed by atoms with Gasteiger partial charge in [-0.25, -0.2) is 4.98 Å². The van der Waals surface area contributed by atoms with Crippen molar-refractivity contribution in [1.82, 2.24) is 20.0 Å². The fraction of sp³-hybridized carbons (Fsp3) is 0.273. The molecule has 1 saturated heterocycles. The van der Waals surface area contributed by atoms with Gasteiger partial charge in [-0.15, -0.1) is 4.80 Å². The van der Waals surface area contributed by atoms with Crippen molar-refractivity contribution in [2.24, 2.45) is 0 Å². The number of aromatic nitrogens is 4. The summed E-state index contributed by atoms with van der Waals surface area (Å²) in [5.41, 5.74) is 3.67. The molecule has 7 nitrogen and oxygen atoms in total. The van der Waals surface area contributed by atoms with Crippen LogP contribution >= 0.6 is 11.6 Å². The zero-order chi connectivity index (χ0) is 20.7. The molecule has 1 aliphatic heterocycles. The first kappa shape index (κ1) is 18.8. The number of benzene rings is 2. The summed E-state index contributed by atoms with van der Waals surface area (Å²) in [7, 11) is 0. The van der Waals surface area contributed by atoms with Crippen LogP contribution in [0, 0.1) is 0 Å². The molecule has 2 aromatic heterocycles. The van der Waals surface area contributed by atoms with Crippen molar-refractivity contribution in [3.63, 3.8) is 0 Å². The molecular formula is C22H20ClN5O2. The number of rotatable bonds is 4. The third-order valence-corrected chi connectivity index (χ3v) is 5.93. The van der Waals surface area contributed by atoms with Crippen molar-refractivity contribution in [3.8, 4) is 5.69 Å². The summed E-state index contributed by atoms with van der Waals surface area (Å²) in [6, 6.07) is 11.5. The molecule has 2 aromatic carbocycles. The third-order valence-electron chi connectivity index (χ3n) is 5.70. The molecule has 1 aliphatic rings. The van der Waals surface area contributed by atoms with E-state index in [9.17, 15) is 4.79 Å². The number of halogens is 1. The lowest BCUT2D eigenvalue weighted by atomic mass is 9.92. The zero-order valence-electron chi connectivity index (χ0n) is 16.4. The third kappa shape index (κ3) is 3.25. The molecule has 0 amide bonds. The number of oxazole rings is 1. The molecule has 0 unspecified atom stereocenters. The molecule has 0 aliphatic carbocycles. The highest BCUT2D eigenvalue weighted by molar-refractivity contribution is 6.31. The highest BCUT2D eigenvalue weighted by atomic mass is 35.5. The molecule has 0 saturated carbocycles. The van der Waals surface area contributed by atoms with Crippen LogP contribution in [0.25, 0.3) is 16.8 Å². The summed E-state index contributed by atoms with van der Waals surface area (Å²) in [4.78, 5) is 20.2. The first-order chi connectivity index (χ1) is 14.6. The van der Waals surface area contributed by atoms with Crippen LogP contribution in [0.3, 0.4) is 0 Å². The molecule has 8 heteroatoms. The molecule has 3 heterocycles. The summed E-state index contributed by atoms with van der Waals surface area (Å²) >= 11 is 6.10. The first-order valence-corrected chi connectivity index (χ1v) is 10.3. The van der Waals surface area contributed by atoms with Crippen molar-refractivity contribution >= 4 is 34.7 Å². The summed E-state index contributed by atoms with van der Waals surface area (Å²) in [5, 5.41) is 9.17. The molecule has 2 atom stereocenters. The van der Waals surface area contributed by atoms with Crippen molar-refractivity contribution in [2.75, 3.05) is 11.4 Å². The number of carbonyl (C=O) groups excluding carboxylic acids is 1. The van der Waals surface area contributed by atoms with Crippen LogP contribution in [0.4, 0.5) is 5.69 Å². The minimum absolute atomic E-state index is 0.130. The Balaban J connectivity index is 1.54. The van der Waals surface area contributed by atoms with Gasteiger partial charge >= 0.3 is 0 Å². The maximum Gasteiger partial charge on any atom is 0.200 e. The fourth-order valence-electron chi connectivity index (χ4n) is 4.16. The van der Waals surface area contributed by atoms with Crippen molar-refractivity contribution < 1.29 is 9.21 Å². The minimum Gasteiger partial charge on any atom is -0.440 e. The summed E-state index contributed by atoms with van der Waals surface area (Å²) in [6.07, 6.45) is 6.01. The smallest absolute Gasteiger partial charge is 0.200 e. The predicted octanol–water partition coefficient (Wildman–Crippen LogP) is 4.65. The number of fused-ring (bicyclic) bond motifs is 1. The lowest BCUT2D eigenvalue weighted by Gasteiger charge is -2.39. The Hall–Kier alpha value is -3.19. The van der Waals surface area contributed by atoms with E-state index in [1.54, 1.807) is 18.5 Å². The van der Waals surface area contributed by atoms with Crippen molar-refractivity contribution in [2.45, 2.75) is 31.7 Å². The molecule has 0 bridgehead atoms. The average Bonchev–Trinajstić information content (AvgIpc) is 3.43. The van der Waals surface area contributed by atoms with Gasteiger partial charge < -0.3 is 9.32 Å². The normalized spacial score (nSPS) is 19.3. The molecule has 0 radical (unpaired) electrons. The van der Waals surface area contributed by atoms with Crippen LogP contribution in [-0.2, 0) is 0 Å². The second kappa shape index (κ2) is 7.57. The van der Waals surface area contributed by atoms with Gasteiger partial charge in [0.05, 0.1) is 24.0 Å². The molecule has 1 fully saturated rings. The van der Waals surface area contributed by atoms with E-state index in [-0.39, 0.29) is 12.0 Å². The molecular weight excluding hydrogens is 402 g/mol. The van der Waals surface area contributed by atoms with Gasteiger partial charge in [-0.3, -0.25) is 4.79 Å². The van der Waals surface area contributed by atoms with E-state index >= 15 is 0 Å². The Morgan fingerprint density at radius 2 is 2.00 bits per heavy atom. The summed E-state index contributed by atoms with van der Waals surface area (Å²) in [5.74, 6) is 0.847. The Morgan fingerprint density at radius 3 is 2.80 bits per heavy atom. The number of aldehydes is 1. The average molecular weight is 422 g/mol. The standard InChI is InChI=1S/C22H20ClN5O2/c1-14-5-6-15(22-26-18-11-17(23)7-8-20(18)30-22)12-27(14)19-4-2-3-16(13-29)21(19)28-24-9-10-25-28/h2-4,7-11,13-15H,5-6,12H2,1H3/t14-,15-/m1/s1. The molecule has 4 aromatic rings. The number of nitrogens with zero attached hydrogens (tertiary/aromatic N) is 5. The van der Waals surface area contributed by atoms with Crippen LogP contribution in [0.15, 0.2) is 53.2 Å². The molecule has 0 spiro atoms. The lowest BCUT2D eigenvalue weighted by molar-refractivity contribution is 0.112. The van der Waals surface area contributed by atoms with Crippen molar-refractivity contribution in [1.29, 1.82) is 0 Å². The van der Waals surface area contributed by atoms with Crippen LogP contribution in [0.5, 0.6) is 0 Å². The van der Waals surface area contributed by atoms with Gasteiger partial charge in [-0.2, -0.15) is 10.2 Å². The van der Waals surface area contributed by atoms with Crippen molar-refractivity contribution in [3.05, 3.63) is 65.3 Å². The highest BCUT2D eigenvalue weighted by Gasteiger charge is 2.32. The topological polar surface area (TPSA) is 77.0 Å². The Labute approximate surface area is 178 Å². The number of hydrogen-bond acceptors (Lipinski definition) is 6. The maximum atomic E-state index is 11.7. The van der Waals surface area contributed by atoms with Crippen LogP contribution < -0.4 is 4.90 Å². The summed E-state index contributed by atoms with van der Waals surface area (Å²) < 4.78 is 6.05. The largest absolute Gasteiger partial charge is 0.440 e. The molecule has 5 rings (SSSR count). The van der Waals surface area contributed by atoms with Crippen LogP contribution in [0.2, 0.25) is 5.02 Å². The Bertz CT molecular complexity index is 1200. The molecule has 30 heavy (non-hydrogen) atoms. The Kier molecular flexibility index (Phi) is 4.75. The van der Waals surface area contributed by atoms with Gasteiger partial charge in [-0.1, -0.05) is 17.7 Å². The zero-order valence-corrected chi connectivity index (χ0v) is 17.2. The van der Waals surface area contributed by atoms with Gasteiger partial charge in [0.2, 0.25) is 0 Å². The van der Waals surface area contributed by atoms with E-state index in [1.807, 2.05) is 30.3 Å². The number of piperidine rings is 1. The van der Waals surface area contributed by atoms with Gasteiger partial charge in [0.15, 0.2) is 17.8 Å². The lowest BCUT2D eigenvalue weighted by Crippen LogP contribution is -2.41. The Morgan fingerprint density at radius 1 is 1.17 bits per heavy atom. The van der Waals surface area contributed by atoms with E-state index < -0.39 is 0 Å². The minimum atomic E-state index is 0.130. The quantitative estimate of drug-likeness (QED) is 0.446. The fourth-order valence-corrected chi connectivity index (χ4v) is 4.33. The highest BCUT2D eigenvalue weighted by Crippen LogP contribution is 2.37. The number of hydrogen-bond donors (Lipinski definition) is 0. The van der Waals surface area contributed by atoms with E-state index in [1.165, 1.54) is 4.80 Å². The molecule has 152 valence electrons. The second-order valence-corrected chi connectivity index (χ2v) is 8.03. The van der Waals surface area contributed by atoms with E-state index in [0.29, 0.717) is 16.3 Å². The predicted molar refractivity (Wildman–Crippen MR) is 115 cm³/mol. The van der Waals surface area contributed by atoms with Gasteiger partial charge in [0.25, 0.3) is 0 Å². The number of anilines is 1.